The molecule has 3 aliphatic rings. The van der Waals surface area contributed by atoms with Crippen molar-refractivity contribution < 1.29 is 4.74 Å². The number of likely N-dealkylation sites (tertiary alicyclic amines) is 1. The summed E-state index contributed by atoms with van der Waals surface area (Å²) in [5, 5.41) is 3.71. The predicted octanol–water partition coefficient (Wildman–Crippen LogP) is 0.781. The molecule has 3 aliphatic heterocycles. The Balaban J connectivity index is 1.45. The van der Waals surface area contributed by atoms with Crippen LogP contribution in [0.3, 0.4) is 0 Å². The molecular weight excluding hydrogens is 238 g/mol. The molecule has 3 rings (SSSR count). The zero-order valence-electron chi connectivity index (χ0n) is 12.3. The average Bonchev–Trinajstić information content (AvgIpc) is 2.91. The summed E-state index contributed by atoms with van der Waals surface area (Å²) in [7, 11) is 0. The van der Waals surface area contributed by atoms with E-state index in [1.807, 2.05) is 0 Å². The van der Waals surface area contributed by atoms with Crippen molar-refractivity contribution in [3.63, 3.8) is 0 Å². The number of ether oxygens (including phenoxy) is 1. The Labute approximate surface area is 117 Å². The van der Waals surface area contributed by atoms with Gasteiger partial charge in [0.2, 0.25) is 0 Å². The van der Waals surface area contributed by atoms with Crippen molar-refractivity contribution in [2.45, 2.75) is 38.3 Å². The number of morpholine rings is 1. The number of piperidine rings is 1. The molecule has 0 aromatic rings. The Morgan fingerprint density at radius 3 is 2.79 bits per heavy atom. The summed E-state index contributed by atoms with van der Waals surface area (Å²) >= 11 is 0. The van der Waals surface area contributed by atoms with Crippen molar-refractivity contribution in [1.29, 1.82) is 0 Å². The lowest BCUT2D eigenvalue weighted by Gasteiger charge is -2.34. The van der Waals surface area contributed by atoms with Crippen LogP contribution in [0, 0.1) is 5.92 Å². The lowest BCUT2D eigenvalue weighted by atomic mass is 9.92. The van der Waals surface area contributed by atoms with Gasteiger partial charge < -0.3 is 15.0 Å². The molecule has 3 fully saturated rings. The van der Waals surface area contributed by atoms with E-state index in [0.717, 1.165) is 44.3 Å². The number of rotatable bonds is 3. The first-order chi connectivity index (χ1) is 9.33. The molecule has 0 aliphatic carbocycles. The highest BCUT2D eigenvalue weighted by Crippen LogP contribution is 2.21. The van der Waals surface area contributed by atoms with Crippen LogP contribution in [0.4, 0.5) is 0 Å². The molecule has 0 saturated carbocycles. The van der Waals surface area contributed by atoms with Crippen LogP contribution < -0.4 is 5.32 Å². The van der Waals surface area contributed by atoms with E-state index in [-0.39, 0.29) is 0 Å². The second kappa shape index (κ2) is 6.53. The van der Waals surface area contributed by atoms with Crippen LogP contribution in [0.25, 0.3) is 0 Å². The average molecular weight is 267 g/mol. The van der Waals surface area contributed by atoms with E-state index in [1.54, 1.807) is 0 Å². The fourth-order valence-electron chi connectivity index (χ4n) is 3.86. The van der Waals surface area contributed by atoms with Crippen molar-refractivity contribution in [2.24, 2.45) is 5.92 Å². The Hall–Kier alpha value is -0.160. The maximum Gasteiger partial charge on any atom is 0.0594 e. The van der Waals surface area contributed by atoms with Crippen LogP contribution in [0.1, 0.15) is 26.2 Å². The highest BCUT2D eigenvalue weighted by atomic mass is 16.5. The maximum atomic E-state index is 5.46. The molecule has 110 valence electrons. The fraction of sp³-hybridized carbons (Fsp3) is 1.00. The maximum absolute atomic E-state index is 5.46. The minimum atomic E-state index is 0.720. The van der Waals surface area contributed by atoms with E-state index in [1.165, 1.54) is 45.4 Å². The molecule has 0 aromatic heterocycles. The Morgan fingerprint density at radius 2 is 2.00 bits per heavy atom. The molecule has 0 bridgehead atoms. The van der Waals surface area contributed by atoms with Gasteiger partial charge in [0.15, 0.2) is 0 Å². The van der Waals surface area contributed by atoms with Crippen molar-refractivity contribution in [3.05, 3.63) is 0 Å². The van der Waals surface area contributed by atoms with Gasteiger partial charge in [-0.05, 0) is 38.3 Å². The minimum Gasteiger partial charge on any atom is -0.379 e. The van der Waals surface area contributed by atoms with E-state index in [2.05, 4.69) is 22.0 Å². The molecule has 0 amide bonds. The molecule has 0 aromatic carbocycles. The molecule has 0 spiro atoms. The zero-order valence-corrected chi connectivity index (χ0v) is 12.3. The van der Waals surface area contributed by atoms with Gasteiger partial charge in [-0.1, -0.05) is 6.92 Å². The van der Waals surface area contributed by atoms with Crippen LogP contribution in [-0.2, 0) is 4.74 Å². The molecular formula is C15H29N3O. The van der Waals surface area contributed by atoms with Gasteiger partial charge in [0, 0.05) is 38.3 Å². The Bertz CT molecular complexity index is 281. The van der Waals surface area contributed by atoms with Crippen molar-refractivity contribution >= 4 is 0 Å². The molecule has 3 saturated heterocycles. The van der Waals surface area contributed by atoms with Gasteiger partial charge in [-0.15, -0.1) is 0 Å². The standard InChI is InChI=1S/C15H29N3O/c1-13-3-2-5-16-15(13)12-17-6-4-14(11-17)18-7-9-19-10-8-18/h13-16H,2-12H2,1H3. The van der Waals surface area contributed by atoms with Crippen LogP contribution in [0.5, 0.6) is 0 Å². The largest absolute Gasteiger partial charge is 0.379 e. The van der Waals surface area contributed by atoms with E-state index in [4.69, 9.17) is 4.74 Å². The monoisotopic (exact) mass is 267 g/mol. The van der Waals surface area contributed by atoms with Gasteiger partial charge >= 0.3 is 0 Å². The summed E-state index contributed by atoms with van der Waals surface area (Å²) in [4.78, 5) is 5.32. The number of nitrogens with zero attached hydrogens (tertiary/aromatic N) is 2. The summed E-state index contributed by atoms with van der Waals surface area (Å²) < 4.78 is 5.46. The molecule has 1 N–H and O–H groups in total. The highest BCUT2D eigenvalue weighted by Gasteiger charge is 2.31. The number of nitrogens with one attached hydrogen (secondary N) is 1. The van der Waals surface area contributed by atoms with Crippen LogP contribution in [-0.4, -0.2) is 74.4 Å². The summed E-state index contributed by atoms with van der Waals surface area (Å²) in [5.74, 6) is 0.844. The van der Waals surface area contributed by atoms with Crippen LogP contribution in [0.15, 0.2) is 0 Å². The molecule has 3 atom stereocenters. The van der Waals surface area contributed by atoms with Crippen LogP contribution in [0.2, 0.25) is 0 Å². The molecule has 3 heterocycles. The molecule has 4 nitrogen and oxygen atoms in total. The summed E-state index contributed by atoms with van der Waals surface area (Å²) in [6, 6.07) is 1.50. The van der Waals surface area contributed by atoms with Crippen LogP contribution >= 0.6 is 0 Å². The second-order valence-corrected chi connectivity index (χ2v) is 6.53. The molecule has 4 heteroatoms. The zero-order chi connectivity index (χ0) is 13.1. The van der Waals surface area contributed by atoms with Crippen molar-refractivity contribution in [1.82, 2.24) is 15.1 Å². The quantitative estimate of drug-likeness (QED) is 0.818. The third-order valence-corrected chi connectivity index (χ3v) is 5.19. The second-order valence-electron chi connectivity index (χ2n) is 6.53. The smallest absolute Gasteiger partial charge is 0.0594 e. The van der Waals surface area contributed by atoms with Gasteiger partial charge in [-0.25, -0.2) is 0 Å². The van der Waals surface area contributed by atoms with Crippen molar-refractivity contribution in [3.8, 4) is 0 Å². The summed E-state index contributed by atoms with van der Waals surface area (Å²) in [6.45, 7) is 11.6. The Morgan fingerprint density at radius 1 is 1.16 bits per heavy atom. The molecule has 19 heavy (non-hydrogen) atoms. The minimum absolute atomic E-state index is 0.720. The third-order valence-electron chi connectivity index (χ3n) is 5.19. The third kappa shape index (κ3) is 3.48. The van der Waals surface area contributed by atoms with Gasteiger partial charge in [-0.2, -0.15) is 0 Å². The van der Waals surface area contributed by atoms with E-state index in [0.29, 0.717) is 0 Å². The van der Waals surface area contributed by atoms with Gasteiger partial charge in [0.1, 0.15) is 0 Å². The first kappa shape index (κ1) is 13.8. The summed E-state index contributed by atoms with van der Waals surface area (Å²) in [6.07, 6.45) is 4.10. The van der Waals surface area contributed by atoms with Gasteiger partial charge in [-0.3, -0.25) is 4.90 Å². The first-order valence-corrected chi connectivity index (χ1v) is 8.10. The highest BCUT2D eigenvalue weighted by molar-refractivity contribution is 4.88. The molecule has 3 unspecified atom stereocenters. The molecule has 0 radical (unpaired) electrons. The van der Waals surface area contributed by atoms with E-state index >= 15 is 0 Å². The predicted molar refractivity (Wildman–Crippen MR) is 77.4 cm³/mol. The lowest BCUT2D eigenvalue weighted by Crippen LogP contribution is -2.49. The van der Waals surface area contributed by atoms with E-state index < -0.39 is 0 Å². The normalized spacial score (nSPS) is 38.7. The first-order valence-electron chi connectivity index (χ1n) is 8.10. The van der Waals surface area contributed by atoms with E-state index in [9.17, 15) is 0 Å². The van der Waals surface area contributed by atoms with Crippen molar-refractivity contribution in [2.75, 3.05) is 52.5 Å². The van der Waals surface area contributed by atoms with Gasteiger partial charge in [0.25, 0.3) is 0 Å². The SMILES string of the molecule is CC1CCCNC1CN1CCC(N2CCOCC2)C1. The Kier molecular flexibility index (Phi) is 4.74. The topological polar surface area (TPSA) is 27.7 Å². The lowest BCUT2D eigenvalue weighted by molar-refractivity contribution is 0.0182. The number of hydrogen-bond donors (Lipinski definition) is 1. The summed E-state index contributed by atoms with van der Waals surface area (Å²) in [5.41, 5.74) is 0. The van der Waals surface area contributed by atoms with Gasteiger partial charge in [0.05, 0.1) is 13.2 Å². The number of hydrogen-bond acceptors (Lipinski definition) is 4. The fourth-order valence-corrected chi connectivity index (χ4v) is 3.86.